The number of methoxy groups -OCH3 is 1. The number of benzene rings is 2. The minimum atomic E-state index is -0.502. The molecule has 0 bridgehead atoms. The van der Waals surface area contributed by atoms with Crippen molar-refractivity contribution in [2.24, 2.45) is 5.73 Å². The van der Waals surface area contributed by atoms with E-state index < -0.39 is 5.91 Å². The number of primary amides is 1. The van der Waals surface area contributed by atoms with Crippen molar-refractivity contribution >= 4 is 11.8 Å². The average molecular weight is 338 g/mol. The van der Waals surface area contributed by atoms with E-state index in [2.05, 4.69) is 5.32 Å². The van der Waals surface area contributed by atoms with Crippen LogP contribution in [0.3, 0.4) is 0 Å². The lowest BCUT2D eigenvalue weighted by Crippen LogP contribution is -2.43. The molecule has 5 nitrogen and oxygen atoms in total. The van der Waals surface area contributed by atoms with Gasteiger partial charge in [-0.15, -0.1) is 0 Å². The number of ether oxygens (including phenoxy) is 1. The molecule has 1 fully saturated rings. The predicted octanol–water partition coefficient (Wildman–Crippen LogP) is 2.99. The van der Waals surface area contributed by atoms with E-state index in [1.165, 1.54) is 0 Å². The van der Waals surface area contributed by atoms with E-state index in [0.29, 0.717) is 11.1 Å². The van der Waals surface area contributed by atoms with Gasteiger partial charge in [-0.05, 0) is 54.8 Å². The Morgan fingerprint density at radius 3 is 2.04 bits per heavy atom. The van der Waals surface area contributed by atoms with E-state index in [1.54, 1.807) is 31.4 Å². The molecule has 0 atom stereocenters. The van der Waals surface area contributed by atoms with Crippen LogP contribution >= 0.6 is 0 Å². The third-order valence-electron chi connectivity index (χ3n) is 4.88. The van der Waals surface area contributed by atoms with Crippen LogP contribution in [0.5, 0.6) is 5.75 Å². The minimum Gasteiger partial charge on any atom is -0.497 e. The lowest BCUT2D eigenvalue weighted by molar-refractivity contribution is 0.0896. The van der Waals surface area contributed by atoms with Crippen LogP contribution in [-0.4, -0.2) is 18.9 Å². The van der Waals surface area contributed by atoms with Gasteiger partial charge in [-0.1, -0.05) is 25.0 Å². The van der Waals surface area contributed by atoms with Gasteiger partial charge in [0.1, 0.15) is 5.75 Å². The third-order valence-corrected chi connectivity index (χ3v) is 4.88. The second-order valence-corrected chi connectivity index (χ2v) is 6.41. The van der Waals surface area contributed by atoms with Crippen molar-refractivity contribution < 1.29 is 14.3 Å². The molecule has 5 heteroatoms. The van der Waals surface area contributed by atoms with Gasteiger partial charge in [0.2, 0.25) is 5.91 Å². The van der Waals surface area contributed by atoms with Gasteiger partial charge in [0.15, 0.2) is 0 Å². The van der Waals surface area contributed by atoms with Crippen molar-refractivity contribution in [3.8, 4) is 5.75 Å². The van der Waals surface area contributed by atoms with Crippen LogP contribution in [-0.2, 0) is 5.54 Å². The number of hydrogen-bond donors (Lipinski definition) is 2. The summed E-state index contributed by atoms with van der Waals surface area (Å²) in [5.41, 5.74) is 6.89. The van der Waals surface area contributed by atoms with Gasteiger partial charge in [-0.3, -0.25) is 9.59 Å². The molecule has 1 saturated carbocycles. The Morgan fingerprint density at radius 1 is 0.960 bits per heavy atom. The van der Waals surface area contributed by atoms with E-state index in [0.717, 1.165) is 37.0 Å². The Hall–Kier alpha value is -2.82. The molecule has 0 saturated heterocycles. The summed E-state index contributed by atoms with van der Waals surface area (Å²) in [7, 11) is 1.64. The first-order valence-corrected chi connectivity index (χ1v) is 8.41. The smallest absolute Gasteiger partial charge is 0.251 e. The first-order valence-electron chi connectivity index (χ1n) is 8.41. The third kappa shape index (κ3) is 3.50. The Kier molecular flexibility index (Phi) is 4.74. The Bertz CT molecular complexity index is 761. The van der Waals surface area contributed by atoms with Gasteiger partial charge >= 0.3 is 0 Å². The van der Waals surface area contributed by atoms with E-state index >= 15 is 0 Å². The second-order valence-electron chi connectivity index (χ2n) is 6.41. The number of amides is 2. The molecule has 3 N–H and O–H groups in total. The van der Waals surface area contributed by atoms with E-state index in [9.17, 15) is 9.59 Å². The highest BCUT2D eigenvalue weighted by Crippen LogP contribution is 2.39. The van der Waals surface area contributed by atoms with Crippen molar-refractivity contribution in [2.75, 3.05) is 7.11 Å². The van der Waals surface area contributed by atoms with Crippen LogP contribution in [0.1, 0.15) is 52.0 Å². The largest absolute Gasteiger partial charge is 0.497 e. The molecule has 0 unspecified atom stereocenters. The van der Waals surface area contributed by atoms with Crippen LogP contribution in [0.25, 0.3) is 0 Å². The van der Waals surface area contributed by atoms with Crippen molar-refractivity contribution in [1.82, 2.24) is 5.32 Å². The van der Waals surface area contributed by atoms with Gasteiger partial charge in [0.25, 0.3) is 5.91 Å². The Balaban J connectivity index is 1.83. The van der Waals surface area contributed by atoms with Crippen LogP contribution < -0.4 is 15.8 Å². The Morgan fingerprint density at radius 2 is 1.52 bits per heavy atom. The van der Waals surface area contributed by atoms with E-state index in [-0.39, 0.29) is 11.4 Å². The van der Waals surface area contributed by atoms with Crippen LogP contribution in [0.2, 0.25) is 0 Å². The first-order chi connectivity index (χ1) is 12.0. The molecule has 1 aliphatic carbocycles. The molecular weight excluding hydrogens is 316 g/mol. The number of carbonyl (C=O) groups excluding carboxylic acids is 2. The van der Waals surface area contributed by atoms with E-state index in [4.69, 9.17) is 10.5 Å². The molecule has 1 aliphatic rings. The molecule has 0 radical (unpaired) electrons. The molecule has 2 aromatic rings. The Labute approximate surface area is 147 Å². The molecule has 0 aliphatic heterocycles. The predicted molar refractivity (Wildman–Crippen MR) is 95.6 cm³/mol. The topological polar surface area (TPSA) is 81.4 Å². The number of rotatable bonds is 5. The van der Waals surface area contributed by atoms with E-state index in [1.807, 2.05) is 24.3 Å². The molecule has 3 rings (SSSR count). The van der Waals surface area contributed by atoms with Gasteiger partial charge in [-0.25, -0.2) is 0 Å². The van der Waals surface area contributed by atoms with Crippen LogP contribution in [0.15, 0.2) is 48.5 Å². The highest BCUT2D eigenvalue weighted by atomic mass is 16.5. The van der Waals surface area contributed by atoms with Crippen molar-refractivity contribution in [2.45, 2.75) is 31.2 Å². The maximum absolute atomic E-state index is 12.7. The summed E-state index contributed by atoms with van der Waals surface area (Å²) in [6, 6.07) is 14.3. The number of nitrogens with one attached hydrogen (secondary N) is 1. The molecule has 0 heterocycles. The van der Waals surface area contributed by atoms with Crippen molar-refractivity contribution in [1.29, 1.82) is 0 Å². The highest BCUT2D eigenvalue weighted by molar-refractivity contribution is 5.97. The molecule has 2 amide bonds. The van der Waals surface area contributed by atoms with Gasteiger partial charge in [0.05, 0.1) is 12.6 Å². The average Bonchev–Trinajstić information content (AvgIpc) is 3.11. The molecule has 0 aromatic heterocycles. The van der Waals surface area contributed by atoms with Crippen LogP contribution in [0.4, 0.5) is 0 Å². The summed E-state index contributed by atoms with van der Waals surface area (Å²) in [6.45, 7) is 0. The minimum absolute atomic E-state index is 0.145. The summed E-state index contributed by atoms with van der Waals surface area (Å²) in [4.78, 5) is 23.9. The maximum Gasteiger partial charge on any atom is 0.251 e. The quantitative estimate of drug-likeness (QED) is 0.879. The molecule has 2 aromatic carbocycles. The van der Waals surface area contributed by atoms with Gasteiger partial charge in [0, 0.05) is 11.1 Å². The van der Waals surface area contributed by atoms with Gasteiger partial charge < -0.3 is 15.8 Å². The molecule has 0 spiro atoms. The highest BCUT2D eigenvalue weighted by Gasteiger charge is 2.37. The summed E-state index contributed by atoms with van der Waals surface area (Å²) in [5.74, 6) is 0.149. The molecular formula is C20H22N2O3. The standard InChI is InChI=1S/C20H22N2O3/c1-25-17-10-8-16(9-11-17)20(12-2-3-13-20)22-19(24)15-6-4-14(5-7-15)18(21)23/h4-11H,2-3,12-13H2,1H3,(H2,21,23)(H,22,24). The molecule has 25 heavy (non-hydrogen) atoms. The number of nitrogens with two attached hydrogens (primary N) is 1. The fourth-order valence-corrected chi connectivity index (χ4v) is 3.45. The fourth-order valence-electron chi connectivity index (χ4n) is 3.45. The fraction of sp³-hybridized carbons (Fsp3) is 0.300. The normalized spacial score (nSPS) is 15.6. The van der Waals surface area contributed by atoms with Crippen molar-refractivity contribution in [3.05, 3.63) is 65.2 Å². The summed E-state index contributed by atoms with van der Waals surface area (Å²) >= 11 is 0. The maximum atomic E-state index is 12.7. The van der Waals surface area contributed by atoms with Crippen LogP contribution in [0, 0.1) is 0 Å². The van der Waals surface area contributed by atoms with Crippen molar-refractivity contribution in [3.63, 3.8) is 0 Å². The summed E-state index contributed by atoms with van der Waals surface area (Å²) in [5, 5.41) is 3.22. The lowest BCUT2D eigenvalue weighted by Gasteiger charge is -2.31. The second kappa shape index (κ2) is 6.97. The zero-order valence-electron chi connectivity index (χ0n) is 14.2. The zero-order valence-corrected chi connectivity index (χ0v) is 14.2. The zero-order chi connectivity index (χ0) is 17.9. The SMILES string of the molecule is COc1ccc(C2(NC(=O)c3ccc(C(N)=O)cc3)CCCC2)cc1. The van der Waals surface area contributed by atoms with Gasteiger partial charge in [-0.2, -0.15) is 0 Å². The summed E-state index contributed by atoms with van der Waals surface area (Å²) in [6.07, 6.45) is 3.97. The lowest BCUT2D eigenvalue weighted by atomic mass is 9.87. The monoisotopic (exact) mass is 338 g/mol. The number of carbonyl (C=O) groups is 2. The summed E-state index contributed by atoms with van der Waals surface area (Å²) < 4.78 is 5.22. The molecule has 130 valence electrons. The number of hydrogen-bond acceptors (Lipinski definition) is 3. The first kappa shape index (κ1) is 17.0.